The molecule has 0 saturated heterocycles. The van der Waals surface area contributed by atoms with Crippen molar-refractivity contribution in [3.8, 4) is 0 Å². The van der Waals surface area contributed by atoms with Gasteiger partial charge in [-0.05, 0) is 28.1 Å². The minimum absolute atomic E-state index is 0.0371. The van der Waals surface area contributed by atoms with Crippen LogP contribution in [0.4, 0.5) is 14.5 Å². The van der Waals surface area contributed by atoms with Crippen molar-refractivity contribution < 1.29 is 13.6 Å². The highest BCUT2D eigenvalue weighted by Gasteiger charge is 2.16. The zero-order chi connectivity index (χ0) is 14.7. The van der Waals surface area contributed by atoms with Gasteiger partial charge in [-0.2, -0.15) is 5.10 Å². The highest BCUT2D eigenvalue weighted by Crippen LogP contribution is 2.16. The average molecular weight is 344 g/mol. The summed E-state index contributed by atoms with van der Waals surface area (Å²) in [5, 5.41) is 6.47. The molecule has 0 saturated carbocycles. The maximum Gasteiger partial charge on any atom is 0.229 e. The van der Waals surface area contributed by atoms with Crippen molar-refractivity contribution in [3.05, 3.63) is 46.7 Å². The molecule has 0 radical (unpaired) electrons. The summed E-state index contributed by atoms with van der Waals surface area (Å²) in [6, 6.07) is 3.01. The number of anilines is 1. The van der Waals surface area contributed by atoms with Gasteiger partial charge in [0.05, 0.1) is 28.8 Å². The lowest BCUT2D eigenvalue weighted by Gasteiger charge is -2.12. The van der Waals surface area contributed by atoms with Gasteiger partial charge >= 0.3 is 0 Å². The molecule has 0 aliphatic rings. The van der Waals surface area contributed by atoms with Gasteiger partial charge in [-0.1, -0.05) is 6.92 Å². The third kappa shape index (κ3) is 3.63. The van der Waals surface area contributed by atoms with Crippen molar-refractivity contribution in [2.75, 3.05) is 5.32 Å². The summed E-state index contributed by atoms with van der Waals surface area (Å²) < 4.78 is 28.6. The Morgan fingerprint density at radius 1 is 1.50 bits per heavy atom. The molecule has 2 aromatic rings. The van der Waals surface area contributed by atoms with Crippen LogP contribution in [0.1, 0.15) is 6.92 Å². The Balaban J connectivity index is 2.00. The number of hydrogen-bond acceptors (Lipinski definition) is 2. The van der Waals surface area contributed by atoms with Crippen molar-refractivity contribution >= 4 is 27.5 Å². The molecule has 1 N–H and O–H groups in total. The lowest BCUT2D eigenvalue weighted by molar-refractivity contribution is -0.119. The second-order valence-corrected chi connectivity index (χ2v) is 5.31. The Morgan fingerprint density at radius 2 is 2.25 bits per heavy atom. The van der Waals surface area contributed by atoms with Crippen LogP contribution in [0.25, 0.3) is 0 Å². The molecule has 1 heterocycles. The van der Waals surface area contributed by atoms with E-state index in [4.69, 9.17) is 0 Å². The zero-order valence-corrected chi connectivity index (χ0v) is 12.2. The van der Waals surface area contributed by atoms with Gasteiger partial charge in [-0.25, -0.2) is 8.78 Å². The van der Waals surface area contributed by atoms with E-state index in [-0.39, 0.29) is 11.6 Å². The van der Waals surface area contributed by atoms with Crippen LogP contribution in [0.5, 0.6) is 0 Å². The zero-order valence-electron chi connectivity index (χ0n) is 10.6. The average Bonchev–Trinajstić information content (AvgIpc) is 2.78. The van der Waals surface area contributed by atoms with E-state index in [1.165, 1.54) is 6.07 Å². The second kappa shape index (κ2) is 6.13. The number of hydrogen-bond donors (Lipinski definition) is 1. The van der Waals surface area contributed by atoms with Crippen molar-refractivity contribution in [2.45, 2.75) is 13.5 Å². The van der Waals surface area contributed by atoms with E-state index in [0.717, 1.165) is 16.6 Å². The fourth-order valence-corrected chi connectivity index (χ4v) is 1.98. The van der Waals surface area contributed by atoms with Crippen molar-refractivity contribution in [3.63, 3.8) is 0 Å². The minimum Gasteiger partial charge on any atom is -0.323 e. The van der Waals surface area contributed by atoms with Crippen LogP contribution >= 0.6 is 15.9 Å². The molecule has 1 unspecified atom stereocenters. The van der Waals surface area contributed by atoms with Gasteiger partial charge in [0.15, 0.2) is 0 Å². The van der Waals surface area contributed by atoms with Gasteiger partial charge in [-0.3, -0.25) is 9.48 Å². The van der Waals surface area contributed by atoms with E-state index >= 15 is 0 Å². The highest BCUT2D eigenvalue weighted by molar-refractivity contribution is 9.10. The van der Waals surface area contributed by atoms with Crippen LogP contribution in [0.2, 0.25) is 0 Å². The molecule has 20 heavy (non-hydrogen) atoms. The topological polar surface area (TPSA) is 46.9 Å². The molecule has 1 aromatic heterocycles. The lowest BCUT2D eigenvalue weighted by atomic mass is 10.1. The Kier molecular flexibility index (Phi) is 4.49. The summed E-state index contributed by atoms with van der Waals surface area (Å²) in [5.41, 5.74) is -0.0371. The number of halogens is 3. The highest BCUT2D eigenvalue weighted by atomic mass is 79.9. The number of rotatable bonds is 4. The summed E-state index contributed by atoms with van der Waals surface area (Å²) in [6.07, 6.45) is 3.35. The van der Waals surface area contributed by atoms with Crippen LogP contribution in [0.15, 0.2) is 35.1 Å². The first-order valence-electron chi connectivity index (χ1n) is 5.89. The molecular formula is C13H12BrF2N3O. The number of nitrogens with zero attached hydrogens (tertiary/aromatic N) is 2. The molecule has 7 heteroatoms. The van der Waals surface area contributed by atoms with E-state index in [2.05, 4.69) is 26.3 Å². The molecule has 4 nitrogen and oxygen atoms in total. The van der Waals surface area contributed by atoms with Gasteiger partial charge in [0.2, 0.25) is 5.91 Å². The first-order valence-corrected chi connectivity index (χ1v) is 6.69. The summed E-state index contributed by atoms with van der Waals surface area (Å²) >= 11 is 3.26. The first-order chi connectivity index (χ1) is 9.45. The van der Waals surface area contributed by atoms with Crippen molar-refractivity contribution in [1.82, 2.24) is 9.78 Å². The maximum absolute atomic E-state index is 13.4. The number of benzene rings is 1. The SMILES string of the molecule is CC(Cn1cc(Br)cn1)C(=O)Nc1ccc(F)cc1F. The monoisotopic (exact) mass is 343 g/mol. The first kappa shape index (κ1) is 14.6. The number of carbonyl (C=O) groups excluding carboxylic acids is 1. The summed E-state index contributed by atoms with van der Waals surface area (Å²) in [4.78, 5) is 11.9. The molecule has 1 atom stereocenters. The summed E-state index contributed by atoms with van der Waals surface area (Å²) in [7, 11) is 0. The largest absolute Gasteiger partial charge is 0.323 e. The molecular weight excluding hydrogens is 332 g/mol. The third-order valence-electron chi connectivity index (χ3n) is 2.70. The van der Waals surface area contributed by atoms with Crippen LogP contribution in [0.3, 0.4) is 0 Å². The van der Waals surface area contributed by atoms with Crippen molar-refractivity contribution in [2.24, 2.45) is 5.92 Å². The standard InChI is InChI=1S/C13H12BrF2N3O/c1-8(6-19-7-9(14)5-17-19)13(20)18-12-3-2-10(15)4-11(12)16/h2-5,7-8H,6H2,1H3,(H,18,20). The van der Waals surface area contributed by atoms with Gasteiger partial charge in [-0.15, -0.1) is 0 Å². The van der Waals surface area contributed by atoms with Gasteiger partial charge < -0.3 is 5.32 Å². The van der Waals surface area contributed by atoms with E-state index in [1.54, 1.807) is 24.0 Å². The molecule has 1 amide bonds. The molecule has 0 aliphatic heterocycles. The van der Waals surface area contributed by atoms with E-state index in [9.17, 15) is 13.6 Å². The summed E-state index contributed by atoms with van der Waals surface area (Å²) in [5.74, 6) is -2.25. The Bertz CT molecular complexity index is 630. The maximum atomic E-state index is 13.4. The Morgan fingerprint density at radius 3 is 2.85 bits per heavy atom. The molecule has 0 aliphatic carbocycles. The lowest BCUT2D eigenvalue weighted by Crippen LogP contribution is -2.25. The predicted molar refractivity (Wildman–Crippen MR) is 74.1 cm³/mol. The Labute approximate surface area is 122 Å². The predicted octanol–water partition coefficient (Wildman–Crippen LogP) is 3.20. The van der Waals surface area contributed by atoms with Gasteiger partial charge in [0, 0.05) is 12.3 Å². The molecule has 0 bridgehead atoms. The van der Waals surface area contributed by atoms with E-state index < -0.39 is 17.6 Å². The number of nitrogens with one attached hydrogen (secondary N) is 1. The molecule has 0 spiro atoms. The molecule has 0 fully saturated rings. The normalized spacial score (nSPS) is 12.2. The number of amides is 1. The van der Waals surface area contributed by atoms with Crippen LogP contribution < -0.4 is 5.32 Å². The van der Waals surface area contributed by atoms with Gasteiger partial charge in [0.25, 0.3) is 0 Å². The molecule has 2 rings (SSSR count). The number of aromatic nitrogens is 2. The fraction of sp³-hybridized carbons (Fsp3) is 0.231. The summed E-state index contributed by atoms with van der Waals surface area (Å²) in [6.45, 7) is 2.06. The number of carbonyl (C=O) groups is 1. The third-order valence-corrected chi connectivity index (χ3v) is 3.11. The van der Waals surface area contributed by atoms with Crippen molar-refractivity contribution in [1.29, 1.82) is 0 Å². The quantitative estimate of drug-likeness (QED) is 0.926. The second-order valence-electron chi connectivity index (χ2n) is 4.40. The smallest absolute Gasteiger partial charge is 0.229 e. The minimum atomic E-state index is -0.799. The molecule has 106 valence electrons. The van der Waals surface area contributed by atoms with E-state index in [1.807, 2.05) is 0 Å². The van der Waals surface area contributed by atoms with Crippen LogP contribution in [-0.4, -0.2) is 15.7 Å². The van der Waals surface area contributed by atoms with Crippen LogP contribution in [0, 0.1) is 17.6 Å². The van der Waals surface area contributed by atoms with E-state index in [0.29, 0.717) is 6.54 Å². The Hall–Kier alpha value is -1.76. The molecule has 1 aromatic carbocycles. The fourth-order valence-electron chi connectivity index (χ4n) is 1.65. The van der Waals surface area contributed by atoms with Crippen LogP contribution in [-0.2, 0) is 11.3 Å². The van der Waals surface area contributed by atoms with Gasteiger partial charge in [0.1, 0.15) is 11.6 Å².